The summed E-state index contributed by atoms with van der Waals surface area (Å²) in [6, 6.07) is 7.89. The number of amides is 1. The van der Waals surface area contributed by atoms with Crippen LogP contribution < -0.4 is 15.5 Å². The molecule has 0 unspecified atom stereocenters. The number of carbonyl (C=O) groups is 1. The summed E-state index contributed by atoms with van der Waals surface area (Å²) in [6.07, 6.45) is 0. The first-order valence-corrected chi connectivity index (χ1v) is 9.63. The third-order valence-corrected chi connectivity index (χ3v) is 4.62. The summed E-state index contributed by atoms with van der Waals surface area (Å²) in [5.41, 5.74) is 1.83. The van der Waals surface area contributed by atoms with Crippen LogP contribution in [0.3, 0.4) is 0 Å². The molecule has 1 aliphatic rings. The molecule has 1 aromatic carbocycles. The molecule has 152 valence electrons. The Bertz CT molecular complexity index is 1010. The molecule has 0 bridgehead atoms. The van der Waals surface area contributed by atoms with Crippen LogP contribution in [0.1, 0.15) is 12.7 Å². The molecule has 1 saturated heterocycles. The maximum absolute atomic E-state index is 11.1. The number of morpholine rings is 1. The highest BCUT2D eigenvalue weighted by Gasteiger charge is 2.19. The third kappa shape index (κ3) is 4.27. The molecule has 1 amide bonds. The summed E-state index contributed by atoms with van der Waals surface area (Å²) in [6.45, 7) is 7.13. The second-order valence-electron chi connectivity index (χ2n) is 6.75. The summed E-state index contributed by atoms with van der Waals surface area (Å²) in [4.78, 5) is 31.7. The number of anilines is 2. The monoisotopic (exact) mass is 396 g/mol. The molecular weight excluding hydrogens is 372 g/mol. The molecule has 0 radical (unpaired) electrons. The van der Waals surface area contributed by atoms with Gasteiger partial charge in [0.15, 0.2) is 0 Å². The Morgan fingerprint density at radius 3 is 2.62 bits per heavy atom. The van der Waals surface area contributed by atoms with Gasteiger partial charge in [-0.25, -0.2) is 4.98 Å². The van der Waals surface area contributed by atoms with Crippen molar-refractivity contribution in [3.63, 3.8) is 0 Å². The fourth-order valence-electron chi connectivity index (χ4n) is 3.25. The number of aryl methyl sites for hydroxylation is 1. The van der Waals surface area contributed by atoms with Crippen LogP contribution >= 0.6 is 0 Å². The van der Waals surface area contributed by atoms with Crippen molar-refractivity contribution in [3.8, 4) is 5.95 Å². The van der Waals surface area contributed by atoms with Crippen LogP contribution in [0.25, 0.3) is 17.0 Å². The number of nitrogens with one attached hydrogen (secondary N) is 2. The van der Waals surface area contributed by atoms with Crippen molar-refractivity contribution in [2.45, 2.75) is 13.8 Å². The second-order valence-corrected chi connectivity index (χ2v) is 6.75. The van der Waals surface area contributed by atoms with Gasteiger partial charge in [0, 0.05) is 33.1 Å². The van der Waals surface area contributed by atoms with Gasteiger partial charge in [-0.15, -0.1) is 0 Å². The lowest BCUT2D eigenvalue weighted by Crippen LogP contribution is -2.37. The fraction of sp³-hybridized carbons (Fsp3) is 0.421. The second kappa shape index (κ2) is 8.39. The van der Waals surface area contributed by atoms with Crippen LogP contribution in [-0.2, 0) is 9.53 Å². The first-order chi connectivity index (χ1) is 14.1. The van der Waals surface area contributed by atoms with Crippen molar-refractivity contribution in [2.75, 3.05) is 49.6 Å². The molecule has 1 aliphatic heterocycles. The maximum Gasteiger partial charge on any atom is 0.242 e. The Labute approximate surface area is 168 Å². The summed E-state index contributed by atoms with van der Waals surface area (Å²) in [7, 11) is 0. The van der Waals surface area contributed by atoms with E-state index < -0.39 is 0 Å². The number of fused-ring (bicyclic) bond motifs is 1. The Morgan fingerprint density at radius 2 is 1.83 bits per heavy atom. The number of benzene rings is 1. The minimum atomic E-state index is -0.0716. The zero-order valence-electron chi connectivity index (χ0n) is 16.6. The van der Waals surface area contributed by atoms with Gasteiger partial charge in [-0.05, 0) is 19.1 Å². The van der Waals surface area contributed by atoms with E-state index in [0.29, 0.717) is 44.1 Å². The van der Waals surface area contributed by atoms with Crippen molar-refractivity contribution in [2.24, 2.45) is 0 Å². The minimum absolute atomic E-state index is 0.0716. The topological polar surface area (TPSA) is 110 Å². The SMILES string of the molecule is CC(=O)NCCNc1nc(N2CCOCC2)nc(-n2c(C)nc3ccccc32)n1. The average molecular weight is 396 g/mol. The Balaban J connectivity index is 1.70. The van der Waals surface area contributed by atoms with E-state index in [1.165, 1.54) is 6.92 Å². The van der Waals surface area contributed by atoms with E-state index in [-0.39, 0.29) is 5.91 Å². The molecule has 0 spiro atoms. The molecule has 2 N–H and O–H groups in total. The van der Waals surface area contributed by atoms with Crippen molar-refractivity contribution in [1.82, 2.24) is 29.8 Å². The number of hydrogen-bond acceptors (Lipinski definition) is 8. The van der Waals surface area contributed by atoms with E-state index >= 15 is 0 Å². The van der Waals surface area contributed by atoms with Crippen LogP contribution in [0.2, 0.25) is 0 Å². The molecule has 0 saturated carbocycles. The van der Waals surface area contributed by atoms with E-state index in [1.807, 2.05) is 35.8 Å². The van der Waals surface area contributed by atoms with E-state index in [0.717, 1.165) is 29.9 Å². The highest BCUT2D eigenvalue weighted by Crippen LogP contribution is 2.21. The van der Waals surface area contributed by atoms with E-state index in [4.69, 9.17) is 9.72 Å². The predicted octanol–water partition coefficient (Wildman–Crippen LogP) is 0.904. The number of nitrogens with zero attached hydrogens (tertiary/aromatic N) is 6. The Kier molecular flexibility index (Phi) is 5.52. The number of imidazole rings is 1. The number of carbonyl (C=O) groups excluding carboxylic acids is 1. The molecule has 2 aromatic heterocycles. The third-order valence-electron chi connectivity index (χ3n) is 4.62. The lowest BCUT2D eigenvalue weighted by atomic mass is 10.3. The summed E-state index contributed by atoms with van der Waals surface area (Å²) >= 11 is 0. The molecule has 29 heavy (non-hydrogen) atoms. The predicted molar refractivity (Wildman–Crippen MR) is 109 cm³/mol. The standard InChI is InChI=1S/C19H24N8O2/c1-13-22-15-5-3-4-6-16(15)27(13)19-24-17(21-8-7-20-14(2)28)23-18(25-19)26-9-11-29-12-10-26/h3-6H,7-12H2,1-2H3,(H,20,28)(H,21,23,24,25). The number of hydrogen-bond donors (Lipinski definition) is 2. The Morgan fingerprint density at radius 1 is 1.07 bits per heavy atom. The Hall–Kier alpha value is -3.27. The smallest absolute Gasteiger partial charge is 0.242 e. The van der Waals surface area contributed by atoms with Crippen LogP contribution in [-0.4, -0.2) is 69.8 Å². The van der Waals surface area contributed by atoms with Gasteiger partial charge in [-0.1, -0.05) is 12.1 Å². The van der Waals surface area contributed by atoms with Gasteiger partial charge in [0.05, 0.1) is 24.2 Å². The molecular formula is C19H24N8O2. The number of para-hydroxylation sites is 2. The van der Waals surface area contributed by atoms with Gasteiger partial charge >= 0.3 is 0 Å². The van der Waals surface area contributed by atoms with Crippen LogP contribution in [0, 0.1) is 6.92 Å². The highest BCUT2D eigenvalue weighted by molar-refractivity contribution is 5.77. The first kappa shape index (κ1) is 19.1. The van der Waals surface area contributed by atoms with Gasteiger partial charge in [0.25, 0.3) is 0 Å². The van der Waals surface area contributed by atoms with Gasteiger partial charge in [0.2, 0.25) is 23.8 Å². The van der Waals surface area contributed by atoms with Crippen LogP contribution in [0.15, 0.2) is 24.3 Å². The molecule has 3 heterocycles. The van der Waals surface area contributed by atoms with Crippen molar-refractivity contribution in [3.05, 3.63) is 30.1 Å². The molecule has 3 aromatic rings. The van der Waals surface area contributed by atoms with Crippen molar-refractivity contribution >= 4 is 28.8 Å². The molecule has 10 heteroatoms. The van der Waals surface area contributed by atoms with E-state index in [1.54, 1.807) is 0 Å². The van der Waals surface area contributed by atoms with Gasteiger partial charge in [-0.2, -0.15) is 15.0 Å². The molecule has 1 fully saturated rings. The fourth-order valence-corrected chi connectivity index (χ4v) is 3.25. The van der Waals surface area contributed by atoms with Gasteiger partial charge in [-0.3, -0.25) is 9.36 Å². The summed E-state index contributed by atoms with van der Waals surface area (Å²) in [5, 5.41) is 5.94. The van der Waals surface area contributed by atoms with E-state index in [2.05, 4.69) is 30.5 Å². The number of ether oxygens (including phenoxy) is 1. The van der Waals surface area contributed by atoms with Crippen molar-refractivity contribution < 1.29 is 9.53 Å². The van der Waals surface area contributed by atoms with E-state index in [9.17, 15) is 4.79 Å². The molecule has 0 atom stereocenters. The largest absolute Gasteiger partial charge is 0.378 e. The number of rotatable bonds is 6. The van der Waals surface area contributed by atoms with Crippen LogP contribution in [0.5, 0.6) is 0 Å². The van der Waals surface area contributed by atoms with Gasteiger partial charge < -0.3 is 20.3 Å². The summed E-state index contributed by atoms with van der Waals surface area (Å²) < 4.78 is 7.38. The highest BCUT2D eigenvalue weighted by atomic mass is 16.5. The quantitative estimate of drug-likeness (QED) is 0.592. The first-order valence-electron chi connectivity index (χ1n) is 9.63. The van der Waals surface area contributed by atoms with Crippen LogP contribution in [0.4, 0.5) is 11.9 Å². The zero-order valence-corrected chi connectivity index (χ0v) is 16.6. The lowest BCUT2D eigenvalue weighted by Gasteiger charge is -2.27. The summed E-state index contributed by atoms with van der Waals surface area (Å²) in [5.74, 6) is 2.29. The minimum Gasteiger partial charge on any atom is -0.378 e. The average Bonchev–Trinajstić information content (AvgIpc) is 3.07. The molecule has 10 nitrogen and oxygen atoms in total. The zero-order chi connectivity index (χ0) is 20.2. The molecule has 4 rings (SSSR count). The molecule has 0 aliphatic carbocycles. The maximum atomic E-state index is 11.1. The normalized spacial score (nSPS) is 14.2. The number of aromatic nitrogens is 5. The lowest BCUT2D eigenvalue weighted by molar-refractivity contribution is -0.118. The van der Waals surface area contributed by atoms with Gasteiger partial charge in [0.1, 0.15) is 5.82 Å². The van der Waals surface area contributed by atoms with Crippen molar-refractivity contribution in [1.29, 1.82) is 0 Å².